The molecule has 0 unspecified atom stereocenters. The van der Waals surface area contributed by atoms with Crippen LogP contribution < -0.4 is 14.8 Å². The zero-order valence-corrected chi connectivity index (χ0v) is 15.4. The Morgan fingerprint density at radius 1 is 0.966 bits per heavy atom. The number of halogens is 3. The normalized spacial score (nSPS) is 15.6. The summed E-state index contributed by atoms with van der Waals surface area (Å²) in [5, 5.41) is 8.17. The highest BCUT2D eigenvalue weighted by molar-refractivity contribution is 5.73. The van der Waals surface area contributed by atoms with E-state index in [9.17, 15) is 13.2 Å². The average Bonchev–Trinajstić information content (AvgIpc) is 3.24. The number of fused-ring (bicyclic) bond motifs is 2. The van der Waals surface area contributed by atoms with Gasteiger partial charge in [0.1, 0.15) is 5.82 Å². The Hall–Kier alpha value is -3.16. The van der Waals surface area contributed by atoms with E-state index in [1.807, 2.05) is 18.2 Å². The van der Waals surface area contributed by atoms with Crippen LogP contribution in [-0.4, -0.2) is 23.1 Å². The lowest BCUT2D eigenvalue weighted by atomic mass is 10.0. The first kappa shape index (κ1) is 17.9. The maximum absolute atomic E-state index is 12.9. The Kier molecular flexibility index (Phi) is 4.15. The van der Waals surface area contributed by atoms with Crippen LogP contribution in [0.5, 0.6) is 11.5 Å². The Balaban J connectivity index is 1.61. The van der Waals surface area contributed by atoms with Crippen molar-refractivity contribution < 1.29 is 22.6 Å². The largest absolute Gasteiger partial charge is 0.454 e. The number of hydrogen-bond donors (Lipinski definition) is 1. The molecule has 2 aromatic carbocycles. The summed E-state index contributed by atoms with van der Waals surface area (Å²) in [5.41, 5.74) is 2.65. The molecule has 0 amide bonds. The predicted molar refractivity (Wildman–Crippen MR) is 102 cm³/mol. The number of ether oxygens (including phenoxy) is 2. The van der Waals surface area contributed by atoms with Gasteiger partial charge in [-0.3, -0.25) is 0 Å². The minimum absolute atomic E-state index is 0.193. The number of nitrogens with one attached hydrogen (secondary N) is 1. The summed E-state index contributed by atoms with van der Waals surface area (Å²) in [7, 11) is 0. The molecule has 29 heavy (non-hydrogen) atoms. The third-order valence-corrected chi connectivity index (χ3v) is 5.21. The first-order chi connectivity index (χ1) is 14.0. The van der Waals surface area contributed by atoms with Gasteiger partial charge in [-0.2, -0.15) is 18.3 Å². The summed E-state index contributed by atoms with van der Waals surface area (Å²) in [6.07, 6.45) is -1.50. The van der Waals surface area contributed by atoms with Crippen LogP contribution >= 0.6 is 0 Å². The number of aromatic nitrogens is 2. The fourth-order valence-corrected chi connectivity index (χ4v) is 3.76. The molecule has 0 bridgehead atoms. The topological polar surface area (TPSA) is 48.3 Å². The van der Waals surface area contributed by atoms with Gasteiger partial charge in [0.2, 0.25) is 6.79 Å². The van der Waals surface area contributed by atoms with Gasteiger partial charge in [-0.05, 0) is 61.7 Å². The summed E-state index contributed by atoms with van der Waals surface area (Å²) in [6.45, 7) is 0.984. The Bertz CT molecular complexity index is 1060. The molecule has 3 aromatic rings. The minimum atomic E-state index is -4.37. The van der Waals surface area contributed by atoms with Crippen molar-refractivity contribution in [2.75, 3.05) is 18.7 Å². The second-order valence-electron chi connectivity index (χ2n) is 7.08. The lowest BCUT2D eigenvalue weighted by Gasteiger charge is -2.11. The van der Waals surface area contributed by atoms with Crippen LogP contribution in [-0.2, 0) is 12.6 Å². The van der Waals surface area contributed by atoms with Crippen molar-refractivity contribution in [1.82, 2.24) is 9.78 Å². The Morgan fingerprint density at radius 3 is 2.55 bits per heavy atom. The lowest BCUT2D eigenvalue weighted by Crippen LogP contribution is -2.08. The molecule has 0 atom stereocenters. The van der Waals surface area contributed by atoms with E-state index >= 15 is 0 Å². The van der Waals surface area contributed by atoms with Crippen molar-refractivity contribution in [2.24, 2.45) is 0 Å². The SMILES string of the molecule is FC(F)(F)c1ccc(-n2nc(-c3ccc4c(c3)OCO4)c3c2NCCCC3)cc1. The van der Waals surface area contributed by atoms with Crippen molar-refractivity contribution in [3.8, 4) is 28.4 Å². The van der Waals surface area contributed by atoms with Crippen LogP contribution in [0.1, 0.15) is 24.0 Å². The van der Waals surface area contributed by atoms with Crippen LogP contribution in [0, 0.1) is 0 Å². The van der Waals surface area contributed by atoms with Crippen LogP contribution in [0.4, 0.5) is 19.0 Å². The molecule has 0 radical (unpaired) electrons. The molecular formula is C21H18F3N3O2. The van der Waals surface area contributed by atoms with Gasteiger partial charge in [0.25, 0.3) is 0 Å². The standard InChI is InChI=1S/C21H18F3N3O2/c22-21(23,24)14-5-7-15(8-6-14)27-20-16(3-1-2-10-25-20)19(26-27)13-4-9-17-18(11-13)29-12-28-17/h4-9,11,25H,1-3,10,12H2. The number of rotatable bonds is 2. The molecule has 2 aliphatic heterocycles. The Labute approximate surface area is 165 Å². The van der Waals surface area contributed by atoms with E-state index in [1.165, 1.54) is 12.1 Å². The first-order valence-electron chi connectivity index (χ1n) is 9.44. The van der Waals surface area contributed by atoms with Crippen LogP contribution in [0.3, 0.4) is 0 Å². The van der Waals surface area contributed by atoms with Gasteiger partial charge in [-0.25, -0.2) is 4.68 Å². The smallest absolute Gasteiger partial charge is 0.416 e. The molecule has 1 N–H and O–H groups in total. The molecule has 8 heteroatoms. The van der Waals surface area contributed by atoms with E-state index in [-0.39, 0.29) is 6.79 Å². The van der Waals surface area contributed by atoms with Crippen molar-refractivity contribution in [3.63, 3.8) is 0 Å². The molecule has 0 fully saturated rings. The number of hydrogen-bond acceptors (Lipinski definition) is 4. The van der Waals surface area contributed by atoms with Crippen LogP contribution in [0.15, 0.2) is 42.5 Å². The van der Waals surface area contributed by atoms with E-state index in [0.717, 1.165) is 60.6 Å². The van der Waals surface area contributed by atoms with Crippen LogP contribution in [0.2, 0.25) is 0 Å². The molecule has 5 rings (SSSR count). The highest BCUT2D eigenvalue weighted by Gasteiger charge is 2.30. The van der Waals surface area contributed by atoms with Crippen molar-refractivity contribution in [2.45, 2.75) is 25.4 Å². The zero-order valence-electron chi connectivity index (χ0n) is 15.4. The van der Waals surface area contributed by atoms with E-state index in [0.29, 0.717) is 17.2 Å². The fourth-order valence-electron chi connectivity index (χ4n) is 3.76. The summed E-state index contributed by atoms with van der Waals surface area (Å²) in [6, 6.07) is 10.7. The molecule has 3 heterocycles. The minimum Gasteiger partial charge on any atom is -0.454 e. The molecule has 5 nitrogen and oxygen atoms in total. The van der Waals surface area contributed by atoms with Gasteiger partial charge in [0, 0.05) is 17.7 Å². The molecule has 0 saturated carbocycles. The van der Waals surface area contributed by atoms with E-state index in [4.69, 9.17) is 14.6 Å². The van der Waals surface area contributed by atoms with Gasteiger partial charge in [-0.1, -0.05) is 0 Å². The molecule has 2 aliphatic rings. The summed E-state index contributed by atoms with van der Waals surface area (Å²) in [4.78, 5) is 0. The Morgan fingerprint density at radius 2 is 1.76 bits per heavy atom. The number of nitrogens with zero attached hydrogens (tertiary/aromatic N) is 2. The summed E-state index contributed by atoms with van der Waals surface area (Å²) < 4.78 is 51.3. The number of benzene rings is 2. The van der Waals surface area contributed by atoms with Gasteiger partial charge < -0.3 is 14.8 Å². The molecular weight excluding hydrogens is 383 g/mol. The zero-order chi connectivity index (χ0) is 20.0. The summed E-state index contributed by atoms with van der Waals surface area (Å²) >= 11 is 0. The van der Waals surface area contributed by atoms with Crippen LogP contribution in [0.25, 0.3) is 16.9 Å². The second kappa shape index (κ2) is 6.72. The molecule has 0 saturated heterocycles. The maximum atomic E-state index is 12.9. The average molecular weight is 401 g/mol. The van der Waals surface area contributed by atoms with E-state index in [2.05, 4.69) is 5.32 Å². The maximum Gasteiger partial charge on any atom is 0.416 e. The summed E-state index contributed by atoms with van der Waals surface area (Å²) in [5.74, 6) is 2.19. The molecule has 150 valence electrons. The molecule has 0 spiro atoms. The van der Waals surface area contributed by atoms with Crippen molar-refractivity contribution in [3.05, 3.63) is 53.6 Å². The quantitative estimate of drug-likeness (QED) is 0.654. The van der Waals surface area contributed by atoms with E-state index < -0.39 is 11.7 Å². The van der Waals surface area contributed by atoms with Gasteiger partial charge in [0.15, 0.2) is 11.5 Å². The number of alkyl halides is 3. The monoisotopic (exact) mass is 401 g/mol. The highest BCUT2D eigenvalue weighted by Crippen LogP contribution is 2.39. The lowest BCUT2D eigenvalue weighted by molar-refractivity contribution is -0.137. The van der Waals surface area contributed by atoms with Gasteiger partial charge >= 0.3 is 6.18 Å². The van der Waals surface area contributed by atoms with Gasteiger partial charge in [0.05, 0.1) is 16.9 Å². The van der Waals surface area contributed by atoms with E-state index in [1.54, 1.807) is 4.68 Å². The first-order valence-corrected chi connectivity index (χ1v) is 9.44. The van der Waals surface area contributed by atoms with Crippen molar-refractivity contribution >= 4 is 5.82 Å². The van der Waals surface area contributed by atoms with Crippen molar-refractivity contribution in [1.29, 1.82) is 0 Å². The third-order valence-electron chi connectivity index (χ3n) is 5.21. The fraction of sp³-hybridized carbons (Fsp3) is 0.286. The molecule has 0 aliphatic carbocycles. The predicted octanol–water partition coefficient (Wildman–Crippen LogP) is 5.04. The highest BCUT2D eigenvalue weighted by atomic mass is 19.4. The second-order valence-corrected chi connectivity index (χ2v) is 7.08. The third kappa shape index (κ3) is 3.18. The van der Waals surface area contributed by atoms with Gasteiger partial charge in [-0.15, -0.1) is 0 Å². The molecule has 1 aromatic heterocycles. The number of anilines is 1.